The fourth-order valence-corrected chi connectivity index (χ4v) is 4.97. The van der Waals surface area contributed by atoms with Crippen LogP contribution in [0.25, 0.3) is 0 Å². The molecule has 2 rings (SSSR count). The summed E-state index contributed by atoms with van der Waals surface area (Å²) in [7, 11) is -3.55. The van der Waals surface area contributed by atoms with Gasteiger partial charge in [0, 0.05) is 34.0 Å². The van der Waals surface area contributed by atoms with E-state index in [1.54, 1.807) is 12.3 Å². The molecule has 5 nitrogen and oxygen atoms in total. The minimum absolute atomic E-state index is 0.0970. The molecule has 0 aliphatic carbocycles. The van der Waals surface area contributed by atoms with E-state index in [0.29, 0.717) is 4.47 Å². The fourth-order valence-electron chi connectivity index (χ4n) is 3.23. The van der Waals surface area contributed by atoms with E-state index in [4.69, 9.17) is 0 Å². The number of halogens is 1. The predicted molar refractivity (Wildman–Crippen MR) is 86.6 cm³/mol. The Hall–Kier alpha value is -0.500. The summed E-state index contributed by atoms with van der Waals surface area (Å²) in [5, 5.41) is 3.54. The van der Waals surface area contributed by atoms with Crippen LogP contribution in [0, 0.1) is 0 Å². The van der Waals surface area contributed by atoms with E-state index in [1.165, 1.54) is 6.20 Å². The zero-order valence-electron chi connectivity index (χ0n) is 12.8. The van der Waals surface area contributed by atoms with E-state index >= 15 is 0 Å². The van der Waals surface area contributed by atoms with E-state index in [9.17, 15) is 8.42 Å². The highest BCUT2D eigenvalue weighted by Crippen LogP contribution is 2.29. The smallest absolute Gasteiger partial charge is 0.242 e. The van der Waals surface area contributed by atoms with Crippen molar-refractivity contribution in [2.24, 2.45) is 0 Å². The van der Waals surface area contributed by atoms with Crippen LogP contribution in [-0.4, -0.2) is 30.5 Å². The largest absolute Gasteiger partial charge is 0.307 e. The third kappa shape index (κ3) is 4.48. The molecule has 0 atom stereocenters. The second-order valence-corrected chi connectivity index (χ2v) is 9.59. The zero-order valence-corrected chi connectivity index (χ0v) is 15.2. The number of hydrogen-bond acceptors (Lipinski definition) is 4. The summed E-state index contributed by atoms with van der Waals surface area (Å²) in [5.74, 6) is 0. The molecule has 118 valence electrons. The molecule has 0 spiro atoms. The topological polar surface area (TPSA) is 71.1 Å². The molecule has 1 aromatic rings. The van der Waals surface area contributed by atoms with Gasteiger partial charge in [-0.15, -0.1) is 0 Å². The summed E-state index contributed by atoms with van der Waals surface area (Å²) in [5.41, 5.74) is -0.213. The summed E-state index contributed by atoms with van der Waals surface area (Å²) >= 11 is 3.25. The molecule has 0 saturated carbocycles. The summed E-state index contributed by atoms with van der Waals surface area (Å²) in [6, 6.07) is 1.47. The summed E-state index contributed by atoms with van der Waals surface area (Å²) in [6.07, 6.45) is 4.43. The van der Waals surface area contributed by atoms with Crippen LogP contribution < -0.4 is 10.0 Å². The Bertz CT molecular complexity index is 613. The Balaban J connectivity index is 2.20. The highest BCUT2D eigenvalue weighted by molar-refractivity contribution is 9.10. The van der Waals surface area contributed by atoms with Gasteiger partial charge in [-0.3, -0.25) is 4.98 Å². The monoisotopic (exact) mass is 375 g/mol. The molecule has 0 radical (unpaired) electrons. The van der Waals surface area contributed by atoms with E-state index < -0.39 is 10.0 Å². The lowest BCUT2D eigenvalue weighted by Crippen LogP contribution is -2.62. The highest BCUT2D eigenvalue weighted by Gasteiger charge is 2.39. The van der Waals surface area contributed by atoms with Gasteiger partial charge in [-0.2, -0.15) is 0 Å². The van der Waals surface area contributed by atoms with Crippen LogP contribution in [0.4, 0.5) is 0 Å². The van der Waals surface area contributed by atoms with E-state index in [1.807, 2.05) is 0 Å². The third-order valence-electron chi connectivity index (χ3n) is 3.50. The quantitative estimate of drug-likeness (QED) is 0.850. The second-order valence-electron chi connectivity index (χ2n) is 6.96. The van der Waals surface area contributed by atoms with Crippen LogP contribution in [0.2, 0.25) is 0 Å². The first-order valence-electron chi connectivity index (χ1n) is 6.91. The van der Waals surface area contributed by atoms with E-state index in [0.717, 1.165) is 12.8 Å². The van der Waals surface area contributed by atoms with Gasteiger partial charge in [-0.05, 0) is 62.5 Å². The molecule has 1 aromatic heterocycles. The molecule has 1 aliphatic heterocycles. The van der Waals surface area contributed by atoms with Gasteiger partial charge in [0.25, 0.3) is 0 Å². The van der Waals surface area contributed by atoms with Crippen LogP contribution in [0.1, 0.15) is 40.5 Å². The maximum absolute atomic E-state index is 12.5. The Morgan fingerprint density at radius 3 is 2.33 bits per heavy atom. The standard InChI is InChI=1S/C14H22BrN3O2S/c1-13(2)6-11(7-14(3,4)18-13)17-21(19,20)12-5-10(15)8-16-9-12/h5,8-9,11,17-18H,6-7H2,1-4H3. The Morgan fingerprint density at radius 2 is 1.81 bits per heavy atom. The van der Waals surface area contributed by atoms with E-state index in [-0.39, 0.29) is 22.0 Å². The van der Waals surface area contributed by atoms with Crippen LogP contribution >= 0.6 is 15.9 Å². The molecule has 1 fully saturated rings. The van der Waals surface area contributed by atoms with Gasteiger partial charge in [0.05, 0.1) is 0 Å². The Labute approximate surface area is 135 Å². The number of sulfonamides is 1. The van der Waals surface area contributed by atoms with Crippen molar-refractivity contribution in [3.05, 3.63) is 22.9 Å². The average molecular weight is 376 g/mol. The van der Waals surface area contributed by atoms with Crippen LogP contribution in [0.5, 0.6) is 0 Å². The molecule has 7 heteroatoms. The van der Waals surface area contributed by atoms with Crippen molar-refractivity contribution in [2.45, 2.75) is 62.6 Å². The molecule has 2 heterocycles. The van der Waals surface area contributed by atoms with Crippen LogP contribution in [0.3, 0.4) is 0 Å². The SMILES string of the molecule is CC1(C)CC(NS(=O)(=O)c2cncc(Br)c2)CC(C)(C)N1. The zero-order chi connectivity index (χ0) is 15.9. The minimum atomic E-state index is -3.55. The maximum Gasteiger partial charge on any atom is 0.242 e. The van der Waals surface area contributed by atoms with Crippen molar-refractivity contribution in [3.8, 4) is 0 Å². The first-order chi connectivity index (χ1) is 9.49. The van der Waals surface area contributed by atoms with Crippen molar-refractivity contribution in [1.29, 1.82) is 0 Å². The van der Waals surface area contributed by atoms with E-state index in [2.05, 4.69) is 58.6 Å². The van der Waals surface area contributed by atoms with Crippen LogP contribution in [0.15, 0.2) is 27.8 Å². The lowest BCUT2D eigenvalue weighted by molar-refractivity contribution is 0.157. The number of rotatable bonds is 3. The lowest BCUT2D eigenvalue weighted by Gasteiger charge is -2.46. The highest BCUT2D eigenvalue weighted by atomic mass is 79.9. The molecule has 0 amide bonds. The van der Waals surface area contributed by atoms with Crippen LogP contribution in [-0.2, 0) is 10.0 Å². The maximum atomic E-state index is 12.5. The Morgan fingerprint density at radius 1 is 1.24 bits per heavy atom. The molecule has 0 unspecified atom stereocenters. The normalized spacial score (nSPS) is 22.1. The number of hydrogen-bond donors (Lipinski definition) is 2. The summed E-state index contributed by atoms with van der Waals surface area (Å²) < 4.78 is 28.4. The summed E-state index contributed by atoms with van der Waals surface area (Å²) in [4.78, 5) is 4.11. The number of nitrogens with zero attached hydrogens (tertiary/aromatic N) is 1. The Kier molecular flexibility index (Phi) is 4.50. The molecule has 21 heavy (non-hydrogen) atoms. The first kappa shape index (κ1) is 16.9. The summed E-state index contributed by atoms with van der Waals surface area (Å²) in [6.45, 7) is 8.37. The first-order valence-corrected chi connectivity index (χ1v) is 9.19. The second kappa shape index (κ2) is 5.61. The minimum Gasteiger partial charge on any atom is -0.307 e. The van der Waals surface area contributed by atoms with Gasteiger partial charge >= 0.3 is 0 Å². The average Bonchev–Trinajstić information content (AvgIpc) is 2.23. The van der Waals surface area contributed by atoms with Gasteiger partial charge in [-0.1, -0.05) is 0 Å². The van der Waals surface area contributed by atoms with Crippen molar-refractivity contribution in [1.82, 2.24) is 15.0 Å². The molecule has 2 N–H and O–H groups in total. The molecule has 0 aromatic carbocycles. The molecule has 1 aliphatic rings. The van der Waals surface area contributed by atoms with Crippen molar-refractivity contribution in [2.75, 3.05) is 0 Å². The number of piperidine rings is 1. The molecular formula is C14H22BrN3O2S. The van der Waals surface area contributed by atoms with Crippen molar-refractivity contribution >= 4 is 26.0 Å². The third-order valence-corrected chi connectivity index (χ3v) is 5.42. The predicted octanol–water partition coefficient (Wildman–Crippen LogP) is 2.43. The molecule has 0 bridgehead atoms. The molecular weight excluding hydrogens is 354 g/mol. The van der Waals surface area contributed by atoms with Gasteiger partial charge in [0.1, 0.15) is 4.90 Å². The fraction of sp³-hybridized carbons (Fsp3) is 0.643. The van der Waals surface area contributed by atoms with Gasteiger partial charge in [0.15, 0.2) is 0 Å². The van der Waals surface area contributed by atoms with Crippen molar-refractivity contribution in [3.63, 3.8) is 0 Å². The number of nitrogens with one attached hydrogen (secondary N) is 2. The van der Waals surface area contributed by atoms with Gasteiger partial charge in [-0.25, -0.2) is 13.1 Å². The van der Waals surface area contributed by atoms with Gasteiger partial charge < -0.3 is 5.32 Å². The van der Waals surface area contributed by atoms with Crippen molar-refractivity contribution < 1.29 is 8.42 Å². The van der Waals surface area contributed by atoms with Gasteiger partial charge in [0.2, 0.25) is 10.0 Å². The lowest BCUT2D eigenvalue weighted by atomic mass is 9.80. The molecule has 1 saturated heterocycles. The number of pyridine rings is 1. The number of aromatic nitrogens is 1.